The molecule has 2 rings (SSSR count). The van der Waals surface area contributed by atoms with Gasteiger partial charge in [0.2, 0.25) is 0 Å². The lowest BCUT2D eigenvalue weighted by Gasteiger charge is -1.97. The molecule has 0 spiro atoms. The average molecular weight is 267 g/mol. The second-order valence-corrected chi connectivity index (χ2v) is 4.05. The van der Waals surface area contributed by atoms with E-state index in [2.05, 4.69) is 20.6 Å². The molecule has 8 heteroatoms. The van der Waals surface area contributed by atoms with Crippen LogP contribution in [0.5, 0.6) is 0 Å². The SMILES string of the molecule is CONC(=O)c1coc(NC(=O)c2cccs2)n1. The summed E-state index contributed by atoms with van der Waals surface area (Å²) in [6.07, 6.45) is 1.12. The summed E-state index contributed by atoms with van der Waals surface area (Å²) in [6.45, 7) is 0. The van der Waals surface area contributed by atoms with Crippen molar-refractivity contribution in [3.8, 4) is 0 Å². The first-order valence-electron chi connectivity index (χ1n) is 4.84. The minimum absolute atomic E-state index is 0.0123. The number of nitrogens with one attached hydrogen (secondary N) is 2. The van der Waals surface area contributed by atoms with Gasteiger partial charge in [0.1, 0.15) is 6.26 Å². The summed E-state index contributed by atoms with van der Waals surface area (Å²) in [7, 11) is 1.30. The minimum Gasteiger partial charge on any atom is -0.431 e. The highest BCUT2D eigenvalue weighted by Crippen LogP contribution is 2.13. The molecule has 2 aromatic heterocycles. The van der Waals surface area contributed by atoms with E-state index >= 15 is 0 Å². The molecule has 0 radical (unpaired) electrons. The molecule has 0 aliphatic rings. The normalized spacial score (nSPS) is 10.1. The lowest BCUT2D eigenvalue weighted by molar-refractivity contribution is 0.0532. The largest absolute Gasteiger partial charge is 0.431 e. The van der Waals surface area contributed by atoms with Gasteiger partial charge in [0.15, 0.2) is 5.69 Å². The second-order valence-electron chi connectivity index (χ2n) is 3.10. The van der Waals surface area contributed by atoms with Gasteiger partial charge in [-0.05, 0) is 11.4 Å². The Balaban J connectivity index is 2.03. The van der Waals surface area contributed by atoms with E-state index in [4.69, 9.17) is 4.42 Å². The van der Waals surface area contributed by atoms with Gasteiger partial charge in [0.05, 0.1) is 12.0 Å². The maximum atomic E-state index is 11.7. The van der Waals surface area contributed by atoms with Crippen molar-refractivity contribution in [1.82, 2.24) is 10.5 Å². The molecule has 94 valence electrons. The van der Waals surface area contributed by atoms with E-state index in [1.165, 1.54) is 18.4 Å². The minimum atomic E-state index is -0.558. The molecule has 0 saturated heterocycles. The molecule has 0 fully saturated rings. The zero-order valence-electron chi connectivity index (χ0n) is 9.30. The smallest absolute Gasteiger partial charge is 0.302 e. The van der Waals surface area contributed by atoms with Gasteiger partial charge in [-0.2, -0.15) is 4.98 Å². The van der Waals surface area contributed by atoms with E-state index in [-0.39, 0.29) is 17.6 Å². The Kier molecular flexibility index (Phi) is 3.70. The maximum absolute atomic E-state index is 11.7. The third kappa shape index (κ3) is 2.73. The molecule has 7 nitrogen and oxygen atoms in total. The quantitative estimate of drug-likeness (QED) is 0.814. The molecule has 0 aliphatic heterocycles. The summed E-state index contributed by atoms with van der Waals surface area (Å²) in [5.41, 5.74) is 2.10. The predicted molar refractivity (Wildman–Crippen MR) is 63.3 cm³/mol. The number of carbonyl (C=O) groups excluding carboxylic acids is 2. The molecule has 0 saturated carbocycles. The number of anilines is 1. The topological polar surface area (TPSA) is 93.5 Å². The van der Waals surface area contributed by atoms with Crippen LogP contribution in [0.4, 0.5) is 6.01 Å². The molecule has 0 aliphatic carbocycles. The van der Waals surface area contributed by atoms with Crippen molar-refractivity contribution in [2.45, 2.75) is 0 Å². The van der Waals surface area contributed by atoms with Crippen LogP contribution < -0.4 is 10.8 Å². The van der Waals surface area contributed by atoms with Gasteiger partial charge in [-0.15, -0.1) is 11.3 Å². The van der Waals surface area contributed by atoms with Crippen molar-refractivity contribution in [2.24, 2.45) is 0 Å². The number of hydrogen-bond acceptors (Lipinski definition) is 6. The van der Waals surface area contributed by atoms with Crippen molar-refractivity contribution in [2.75, 3.05) is 12.4 Å². The van der Waals surface area contributed by atoms with Gasteiger partial charge >= 0.3 is 6.01 Å². The first kappa shape index (κ1) is 12.3. The molecular formula is C10H9N3O4S. The zero-order chi connectivity index (χ0) is 13.0. The summed E-state index contributed by atoms with van der Waals surface area (Å²) in [5.74, 6) is -0.900. The Morgan fingerprint density at radius 1 is 1.44 bits per heavy atom. The van der Waals surface area contributed by atoms with Gasteiger partial charge < -0.3 is 4.42 Å². The number of hydrogen-bond donors (Lipinski definition) is 2. The number of aromatic nitrogens is 1. The van der Waals surface area contributed by atoms with E-state index < -0.39 is 5.91 Å². The Morgan fingerprint density at radius 3 is 2.94 bits per heavy atom. The van der Waals surface area contributed by atoms with Gasteiger partial charge in [-0.25, -0.2) is 5.48 Å². The molecule has 0 unspecified atom stereocenters. The monoisotopic (exact) mass is 267 g/mol. The highest BCUT2D eigenvalue weighted by atomic mass is 32.1. The third-order valence-corrected chi connectivity index (χ3v) is 2.77. The second kappa shape index (κ2) is 5.43. The van der Waals surface area contributed by atoms with Crippen LogP contribution in [0.25, 0.3) is 0 Å². The molecule has 2 amide bonds. The summed E-state index contributed by atoms with van der Waals surface area (Å²) in [5, 5.41) is 4.21. The fourth-order valence-corrected chi connectivity index (χ4v) is 1.77. The number of nitrogens with zero attached hydrogens (tertiary/aromatic N) is 1. The number of carbonyl (C=O) groups is 2. The summed E-state index contributed by atoms with van der Waals surface area (Å²) in [4.78, 5) is 31.7. The Labute approximate surface area is 106 Å². The van der Waals surface area contributed by atoms with Crippen LogP contribution in [0.3, 0.4) is 0 Å². The Morgan fingerprint density at radius 2 is 2.28 bits per heavy atom. The van der Waals surface area contributed by atoms with Crippen LogP contribution in [-0.4, -0.2) is 23.9 Å². The lowest BCUT2D eigenvalue weighted by Crippen LogP contribution is -2.22. The summed E-state index contributed by atoms with van der Waals surface area (Å²) >= 11 is 1.29. The van der Waals surface area contributed by atoms with Crippen molar-refractivity contribution >= 4 is 29.2 Å². The number of thiophene rings is 1. The molecule has 0 bridgehead atoms. The molecule has 2 aromatic rings. The highest BCUT2D eigenvalue weighted by Gasteiger charge is 2.14. The van der Waals surface area contributed by atoms with E-state index in [0.717, 1.165) is 6.26 Å². The molecular weight excluding hydrogens is 258 g/mol. The Hall–Kier alpha value is -2.19. The van der Waals surface area contributed by atoms with Crippen LogP contribution in [0.2, 0.25) is 0 Å². The highest BCUT2D eigenvalue weighted by molar-refractivity contribution is 7.12. The summed E-state index contributed by atoms with van der Waals surface area (Å²) in [6, 6.07) is 3.38. The number of oxazole rings is 1. The maximum Gasteiger partial charge on any atom is 0.302 e. The van der Waals surface area contributed by atoms with Crippen LogP contribution in [0.15, 0.2) is 28.2 Å². The third-order valence-electron chi connectivity index (χ3n) is 1.90. The fourth-order valence-electron chi connectivity index (χ4n) is 1.15. The van der Waals surface area contributed by atoms with Gasteiger partial charge in [-0.3, -0.25) is 19.7 Å². The lowest BCUT2D eigenvalue weighted by atomic mass is 10.4. The van der Waals surface area contributed by atoms with E-state index in [9.17, 15) is 9.59 Å². The van der Waals surface area contributed by atoms with Gasteiger partial charge in [0.25, 0.3) is 11.8 Å². The molecule has 2 heterocycles. The van der Waals surface area contributed by atoms with Crippen LogP contribution in [0, 0.1) is 0 Å². The molecule has 18 heavy (non-hydrogen) atoms. The van der Waals surface area contributed by atoms with Crippen LogP contribution >= 0.6 is 11.3 Å². The molecule has 0 atom stereocenters. The Bertz CT molecular complexity index is 549. The average Bonchev–Trinajstić information content (AvgIpc) is 2.99. The van der Waals surface area contributed by atoms with E-state index in [0.29, 0.717) is 4.88 Å². The van der Waals surface area contributed by atoms with Crippen molar-refractivity contribution in [3.63, 3.8) is 0 Å². The summed E-state index contributed by atoms with van der Waals surface area (Å²) < 4.78 is 4.95. The standard InChI is InChI=1S/C10H9N3O4S/c1-16-13-8(14)6-5-17-10(11-6)12-9(15)7-3-2-4-18-7/h2-5H,1H3,(H,13,14)(H,11,12,15). The first-order valence-corrected chi connectivity index (χ1v) is 5.72. The zero-order valence-corrected chi connectivity index (χ0v) is 10.1. The van der Waals surface area contributed by atoms with Gasteiger partial charge in [0, 0.05) is 0 Å². The van der Waals surface area contributed by atoms with Crippen molar-refractivity contribution < 1.29 is 18.8 Å². The molecule has 0 aromatic carbocycles. The van der Waals surface area contributed by atoms with E-state index in [1.807, 2.05) is 0 Å². The fraction of sp³-hybridized carbons (Fsp3) is 0.100. The van der Waals surface area contributed by atoms with Crippen LogP contribution in [0.1, 0.15) is 20.2 Å². The predicted octanol–water partition coefficient (Wildman–Crippen LogP) is 1.28. The molecule has 2 N–H and O–H groups in total. The van der Waals surface area contributed by atoms with Crippen LogP contribution in [-0.2, 0) is 4.84 Å². The number of hydroxylamine groups is 1. The van der Waals surface area contributed by atoms with Crippen molar-refractivity contribution in [3.05, 3.63) is 34.3 Å². The number of amides is 2. The van der Waals surface area contributed by atoms with Gasteiger partial charge in [-0.1, -0.05) is 6.07 Å². The van der Waals surface area contributed by atoms with Crippen molar-refractivity contribution in [1.29, 1.82) is 0 Å². The first-order chi connectivity index (χ1) is 8.70. The van der Waals surface area contributed by atoms with E-state index in [1.54, 1.807) is 17.5 Å². The number of rotatable bonds is 4.